The van der Waals surface area contributed by atoms with Gasteiger partial charge < -0.3 is 11.1 Å². The number of carbonyl (C=O) groups is 1. The summed E-state index contributed by atoms with van der Waals surface area (Å²) in [5.41, 5.74) is 7.41. The number of carbonyl (C=O) groups excluding carboxylic acids is 1. The van der Waals surface area contributed by atoms with Gasteiger partial charge in [0.2, 0.25) is 5.91 Å². The number of rotatable bonds is 6. The van der Waals surface area contributed by atoms with Crippen LogP contribution in [0.1, 0.15) is 45.6 Å². The summed E-state index contributed by atoms with van der Waals surface area (Å²) in [6.07, 6.45) is 4.24. The number of hydrogen-bond donors (Lipinski definition) is 2. The summed E-state index contributed by atoms with van der Waals surface area (Å²) in [7, 11) is 0. The average Bonchev–Trinajstić information content (AvgIpc) is 2.53. The molecule has 0 bridgehead atoms. The molecule has 1 aliphatic carbocycles. The molecular weight excluding hydrogens is 284 g/mol. The molecule has 0 spiro atoms. The average molecular weight is 316 g/mol. The number of nitrogens with two attached hydrogens (primary N) is 1. The van der Waals surface area contributed by atoms with Gasteiger partial charge in [0.15, 0.2) is 0 Å². The third kappa shape index (κ3) is 5.35. The van der Waals surface area contributed by atoms with Gasteiger partial charge in [-0.05, 0) is 42.6 Å². The van der Waals surface area contributed by atoms with Crippen LogP contribution in [0.25, 0.3) is 0 Å². The van der Waals surface area contributed by atoms with E-state index in [1.807, 2.05) is 18.2 Å². The maximum atomic E-state index is 12.6. The van der Waals surface area contributed by atoms with Crippen LogP contribution in [0, 0.1) is 23.7 Å². The van der Waals surface area contributed by atoms with E-state index < -0.39 is 0 Å². The molecule has 3 heteroatoms. The molecule has 2 rings (SSSR count). The standard InChI is InChI=1S/C20H32N2O/c1-14(2)18-10-9-15(3)11-19(18)20(23)22-13-17(21)12-16-7-5-4-6-8-16/h4-8,14-15,17-19H,9-13,21H2,1-3H3,(H,22,23)/t15-,17+,18+,19-/m1/s1. The summed E-state index contributed by atoms with van der Waals surface area (Å²) >= 11 is 0. The molecule has 0 aliphatic heterocycles. The SMILES string of the molecule is CC(C)[C@@H]1CC[C@@H](C)C[C@H]1C(=O)NC[C@@H](N)Cc1ccccc1. The second-order valence-corrected chi connectivity index (χ2v) is 7.63. The molecule has 0 saturated heterocycles. The molecule has 1 aromatic rings. The zero-order chi connectivity index (χ0) is 16.8. The van der Waals surface area contributed by atoms with E-state index in [1.165, 1.54) is 18.4 Å². The Morgan fingerprint density at radius 2 is 1.96 bits per heavy atom. The van der Waals surface area contributed by atoms with Crippen LogP contribution in [-0.4, -0.2) is 18.5 Å². The van der Waals surface area contributed by atoms with Crippen molar-refractivity contribution in [2.45, 2.75) is 52.5 Å². The largest absolute Gasteiger partial charge is 0.354 e. The summed E-state index contributed by atoms with van der Waals surface area (Å²) in [4.78, 5) is 12.6. The van der Waals surface area contributed by atoms with E-state index in [9.17, 15) is 4.79 Å². The maximum absolute atomic E-state index is 12.6. The minimum Gasteiger partial charge on any atom is -0.354 e. The van der Waals surface area contributed by atoms with Crippen molar-refractivity contribution in [2.75, 3.05) is 6.54 Å². The first-order valence-electron chi connectivity index (χ1n) is 9.04. The third-order valence-electron chi connectivity index (χ3n) is 5.24. The van der Waals surface area contributed by atoms with Crippen molar-refractivity contribution < 1.29 is 4.79 Å². The van der Waals surface area contributed by atoms with Gasteiger partial charge >= 0.3 is 0 Å². The van der Waals surface area contributed by atoms with Crippen LogP contribution in [0.2, 0.25) is 0 Å². The molecule has 1 saturated carbocycles. The zero-order valence-electron chi connectivity index (χ0n) is 14.8. The van der Waals surface area contributed by atoms with Crippen LogP contribution in [-0.2, 0) is 11.2 Å². The molecule has 0 unspecified atom stereocenters. The quantitative estimate of drug-likeness (QED) is 0.845. The number of nitrogens with one attached hydrogen (secondary N) is 1. The van der Waals surface area contributed by atoms with Crippen molar-refractivity contribution in [3.05, 3.63) is 35.9 Å². The van der Waals surface area contributed by atoms with Crippen molar-refractivity contribution >= 4 is 5.91 Å². The maximum Gasteiger partial charge on any atom is 0.223 e. The lowest BCUT2D eigenvalue weighted by molar-refractivity contribution is -0.129. The Morgan fingerprint density at radius 3 is 2.61 bits per heavy atom. The Morgan fingerprint density at radius 1 is 1.26 bits per heavy atom. The zero-order valence-corrected chi connectivity index (χ0v) is 14.8. The highest BCUT2D eigenvalue weighted by Gasteiger charge is 2.35. The molecule has 1 amide bonds. The lowest BCUT2D eigenvalue weighted by Gasteiger charge is -2.36. The minimum atomic E-state index is -0.0279. The highest BCUT2D eigenvalue weighted by molar-refractivity contribution is 5.79. The third-order valence-corrected chi connectivity index (χ3v) is 5.24. The second-order valence-electron chi connectivity index (χ2n) is 7.63. The second kappa shape index (κ2) is 8.49. The monoisotopic (exact) mass is 316 g/mol. The van der Waals surface area contributed by atoms with E-state index in [0.717, 1.165) is 12.8 Å². The smallest absolute Gasteiger partial charge is 0.223 e. The van der Waals surface area contributed by atoms with E-state index in [0.29, 0.717) is 24.3 Å². The lowest BCUT2D eigenvalue weighted by atomic mass is 9.70. The molecule has 3 N–H and O–H groups in total. The van der Waals surface area contributed by atoms with Crippen LogP contribution >= 0.6 is 0 Å². The van der Waals surface area contributed by atoms with Crippen molar-refractivity contribution in [1.29, 1.82) is 0 Å². The summed E-state index contributed by atoms with van der Waals surface area (Å²) < 4.78 is 0. The van der Waals surface area contributed by atoms with Gasteiger partial charge in [0.25, 0.3) is 0 Å². The predicted molar refractivity (Wildman–Crippen MR) is 96.0 cm³/mol. The molecule has 3 nitrogen and oxygen atoms in total. The van der Waals surface area contributed by atoms with Crippen molar-refractivity contribution in [1.82, 2.24) is 5.32 Å². The molecule has 128 valence electrons. The molecule has 23 heavy (non-hydrogen) atoms. The topological polar surface area (TPSA) is 55.1 Å². The highest BCUT2D eigenvalue weighted by Crippen LogP contribution is 2.38. The Labute approximate surface area is 141 Å². The van der Waals surface area contributed by atoms with Crippen molar-refractivity contribution in [2.24, 2.45) is 29.4 Å². The van der Waals surface area contributed by atoms with E-state index >= 15 is 0 Å². The molecule has 1 fully saturated rings. The Kier molecular flexibility index (Phi) is 6.64. The number of amides is 1. The summed E-state index contributed by atoms with van der Waals surface area (Å²) in [5.74, 6) is 2.09. The van der Waals surface area contributed by atoms with Gasteiger partial charge in [-0.15, -0.1) is 0 Å². The first kappa shape index (κ1) is 18.0. The summed E-state index contributed by atoms with van der Waals surface area (Å²) in [6, 6.07) is 10.2. The first-order valence-corrected chi connectivity index (χ1v) is 9.04. The van der Waals surface area contributed by atoms with Crippen molar-refractivity contribution in [3.63, 3.8) is 0 Å². The van der Waals surface area contributed by atoms with E-state index in [4.69, 9.17) is 5.73 Å². The molecule has 1 aliphatic rings. The Bertz CT molecular complexity index is 486. The fraction of sp³-hybridized carbons (Fsp3) is 0.650. The molecular formula is C20H32N2O. The summed E-state index contributed by atoms with van der Waals surface area (Å²) in [5, 5.41) is 3.11. The summed E-state index contributed by atoms with van der Waals surface area (Å²) in [6.45, 7) is 7.30. The van der Waals surface area contributed by atoms with Gasteiger partial charge in [0, 0.05) is 18.5 Å². The molecule has 0 aromatic heterocycles. The Balaban J connectivity index is 1.85. The van der Waals surface area contributed by atoms with Gasteiger partial charge in [-0.1, -0.05) is 57.5 Å². The van der Waals surface area contributed by atoms with Crippen LogP contribution in [0.5, 0.6) is 0 Å². The van der Waals surface area contributed by atoms with Gasteiger partial charge in [-0.25, -0.2) is 0 Å². The van der Waals surface area contributed by atoms with Gasteiger partial charge in [0.1, 0.15) is 0 Å². The van der Waals surface area contributed by atoms with E-state index in [-0.39, 0.29) is 17.9 Å². The Hall–Kier alpha value is -1.35. The molecule has 1 aromatic carbocycles. The highest BCUT2D eigenvalue weighted by atomic mass is 16.1. The van der Waals surface area contributed by atoms with E-state index in [2.05, 4.69) is 38.2 Å². The predicted octanol–water partition coefficient (Wildman–Crippen LogP) is 3.38. The molecule has 4 atom stereocenters. The first-order chi connectivity index (χ1) is 11.0. The van der Waals surface area contributed by atoms with Gasteiger partial charge in [-0.3, -0.25) is 4.79 Å². The minimum absolute atomic E-state index is 0.0279. The lowest BCUT2D eigenvalue weighted by Crippen LogP contribution is -2.45. The van der Waals surface area contributed by atoms with Crippen LogP contribution in [0.15, 0.2) is 30.3 Å². The fourth-order valence-electron chi connectivity index (χ4n) is 3.86. The normalized spacial score (nSPS) is 26.0. The van der Waals surface area contributed by atoms with E-state index in [1.54, 1.807) is 0 Å². The fourth-order valence-corrected chi connectivity index (χ4v) is 3.86. The number of benzene rings is 1. The molecule has 0 heterocycles. The number of hydrogen-bond acceptors (Lipinski definition) is 2. The van der Waals surface area contributed by atoms with Gasteiger partial charge in [-0.2, -0.15) is 0 Å². The molecule has 0 radical (unpaired) electrons. The van der Waals surface area contributed by atoms with Crippen LogP contribution < -0.4 is 11.1 Å². The van der Waals surface area contributed by atoms with Gasteiger partial charge in [0.05, 0.1) is 0 Å². The van der Waals surface area contributed by atoms with Crippen LogP contribution in [0.3, 0.4) is 0 Å². The van der Waals surface area contributed by atoms with Crippen LogP contribution in [0.4, 0.5) is 0 Å². The van der Waals surface area contributed by atoms with Crippen molar-refractivity contribution in [3.8, 4) is 0 Å².